The quantitative estimate of drug-likeness (QED) is 0.0609. The zero-order valence-corrected chi connectivity index (χ0v) is 45.1. The maximum absolute atomic E-state index is 15.2. The Kier molecular flexibility index (Phi) is 19.3. The number of cyclic esters (lactones) is 1. The van der Waals surface area contributed by atoms with Gasteiger partial charge in [0, 0.05) is 55.7 Å². The van der Waals surface area contributed by atoms with Crippen LogP contribution in [0.4, 0.5) is 0 Å². The van der Waals surface area contributed by atoms with Crippen LogP contribution in [0.1, 0.15) is 121 Å². The number of sulfone groups is 1. The molecule has 1 unspecified atom stereocenters. The van der Waals surface area contributed by atoms with Crippen molar-refractivity contribution in [1.29, 1.82) is 0 Å². The summed E-state index contributed by atoms with van der Waals surface area (Å²) in [5.74, 6) is -0.569. The van der Waals surface area contributed by atoms with Crippen LogP contribution in [0.5, 0.6) is 0 Å². The van der Waals surface area contributed by atoms with Crippen molar-refractivity contribution in [3.05, 3.63) is 16.6 Å². The molecule has 1 aromatic rings. The molecule has 1 aromatic heterocycles. The van der Waals surface area contributed by atoms with Crippen molar-refractivity contribution in [2.24, 2.45) is 17.3 Å². The number of nitrogens with zero attached hydrogens (tertiary/aromatic N) is 2. The molecule has 15 heteroatoms. The van der Waals surface area contributed by atoms with E-state index < -0.39 is 64.1 Å². The van der Waals surface area contributed by atoms with Gasteiger partial charge in [-0.1, -0.05) is 95.3 Å². The van der Waals surface area contributed by atoms with E-state index in [1.807, 2.05) is 26.8 Å². The molecule has 2 fully saturated rings. The number of fused-ring (bicyclic) bond motifs is 1. The molecule has 2 saturated heterocycles. The molecule has 2 aliphatic rings. The van der Waals surface area contributed by atoms with Gasteiger partial charge in [0.1, 0.15) is 11.9 Å². The number of Topliss-reactive ketones (excluding diaryl/α,β-unsaturated/α-hetero) is 1. The molecule has 0 spiro atoms. The van der Waals surface area contributed by atoms with Crippen molar-refractivity contribution in [1.82, 2.24) is 9.88 Å². The van der Waals surface area contributed by atoms with E-state index in [1.165, 1.54) is 0 Å². The molecule has 3 heterocycles. The second-order valence-corrected chi connectivity index (χ2v) is 38.3. The normalized spacial score (nSPS) is 29.3. The number of rotatable bonds is 18. The molecule has 0 aliphatic carbocycles. The Morgan fingerprint density at radius 3 is 2.05 bits per heavy atom. The second-order valence-electron chi connectivity index (χ2n) is 20.2. The number of esters is 1. The summed E-state index contributed by atoms with van der Waals surface area (Å²) in [5.41, 5.74) is 0.129. The fourth-order valence-corrected chi connectivity index (χ4v) is 17.7. The highest BCUT2D eigenvalue weighted by atomic mass is 32.2. The highest BCUT2D eigenvalue weighted by Crippen LogP contribution is 2.49. The van der Waals surface area contributed by atoms with Gasteiger partial charge in [-0.25, -0.2) is 13.4 Å². The number of ketones is 1. The van der Waals surface area contributed by atoms with E-state index >= 15 is 4.79 Å². The maximum Gasteiger partial charge on any atom is 0.309 e. The minimum absolute atomic E-state index is 0.0526. The molecule has 0 aromatic carbocycles. The van der Waals surface area contributed by atoms with Crippen LogP contribution in [0, 0.1) is 17.3 Å². The number of hydrogen-bond acceptors (Lipinski definition) is 11. The third kappa shape index (κ3) is 13.5. The van der Waals surface area contributed by atoms with Crippen LogP contribution in [0.3, 0.4) is 0 Å². The first-order chi connectivity index (χ1) is 27.8. The molecule has 0 bridgehead atoms. The maximum atomic E-state index is 15.2. The van der Waals surface area contributed by atoms with Gasteiger partial charge in [-0.05, 0) is 86.6 Å². The van der Waals surface area contributed by atoms with Crippen LogP contribution < -0.4 is 0 Å². The first-order valence-corrected chi connectivity index (χ1v) is 34.6. The zero-order chi connectivity index (χ0) is 45.5. The molecule has 346 valence electrons. The average molecular weight is 930 g/mol. The Balaban J connectivity index is 2.18. The summed E-state index contributed by atoms with van der Waals surface area (Å²) in [7, 11) is -9.16. The minimum atomic E-state index is -3.47. The molecule has 0 amide bonds. The Bertz CT molecular complexity index is 1690. The van der Waals surface area contributed by atoms with Gasteiger partial charge in [0.05, 0.1) is 31.1 Å². The Morgan fingerprint density at radius 2 is 1.53 bits per heavy atom. The number of ether oxygens (including phenoxy) is 2. The smallest absolute Gasteiger partial charge is 0.309 e. The summed E-state index contributed by atoms with van der Waals surface area (Å²) >= 11 is 1.09. The van der Waals surface area contributed by atoms with Gasteiger partial charge in [0.2, 0.25) is 14.2 Å². The lowest BCUT2D eigenvalue weighted by Crippen LogP contribution is -2.53. The first-order valence-electron chi connectivity index (χ1n) is 23.1. The number of aromatic nitrogens is 1. The van der Waals surface area contributed by atoms with Crippen molar-refractivity contribution in [2.75, 3.05) is 19.6 Å². The molecular weight excluding hydrogens is 845 g/mol. The van der Waals surface area contributed by atoms with Gasteiger partial charge in [-0.2, -0.15) is 0 Å². The minimum Gasteiger partial charge on any atom is -0.458 e. The summed E-state index contributed by atoms with van der Waals surface area (Å²) in [4.78, 5) is 36.5. The molecule has 0 N–H and O–H groups in total. The lowest BCUT2D eigenvalue weighted by molar-refractivity contribution is -0.153. The van der Waals surface area contributed by atoms with Gasteiger partial charge in [0.25, 0.3) is 0 Å². The van der Waals surface area contributed by atoms with Crippen molar-refractivity contribution in [3.63, 3.8) is 0 Å². The van der Waals surface area contributed by atoms with Crippen LogP contribution in [0.25, 0.3) is 6.08 Å². The van der Waals surface area contributed by atoms with E-state index in [0.717, 1.165) is 84.7 Å². The molecule has 8 atom stereocenters. The third-order valence-electron chi connectivity index (χ3n) is 14.6. The molecule has 10 nitrogen and oxygen atoms in total. The van der Waals surface area contributed by atoms with Crippen LogP contribution in [0.15, 0.2) is 15.3 Å². The summed E-state index contributed by atoms with van der Waals surface area (Å²) in [6.07, 6.45) is 4.79. The lowest BCUT2D eigenvalue weighted by Gasteiger charge is -2.44. The molecule has 60 heavy (non-hydrogen) atoms. The number of thiazole rings is 1. The molecular formula is C45H84N2O8S2Si3. The summed E-state index contributed by atoms with van der Waals surface area (Å²) in [5, 5.41) is 1.73. The predicted molar refractivity (Wildman–Crippen MR) is 256 cm³/mol. The van der Waals surface area contributed by atoms with Crippen LogP contribution >= 0.6 is 11.3 Å². The van der Waals surface area contributed by atoms with Crippen molar-refractivity contribution < 1.29 is 36.3 Å². The van der Waals surface area contributed by atoms with E-state index in [2.05, 4.69) is 91.8 Å². The van der Waals surface area contributed by atoms with Crippen molar-refractivity contribution >= 4 is 63.7 Å². The average Bonchev–Trinajstić information content (AvgIpc) is 3.45. The first kappa shape index (κ1) is 53.3. The van der Waals surface area contributed by atoms with E-state index in [0.29, 0.717) is 25.5 Å². The number of carbonyl (C=O) groups excluding carboxylic acids is 2. The Labute approximate surface area is 372 Å². The van der Waals surface area contributed by atoms with Gasteiger partial charge in [-0.15, -0.1) is 11.3 Å². The Morgan fingerprint density at radius 1 is 0.967 bits per heavy atom. The predicted octanol–water partition coefficient (Wildman–Crippen LogP) is 11.2. The van der Waals surface area contributed by atoms with Gasteiger partial charge in [-0.3, -0.25) is 14.5 Å². The molecule has 3 rings (SSSR count). The Hall–Kier alpha value is -1.05. The van der Waals surface area contributed by atoms with Crippen LogP contribution in [0.2, 0.25) is 61.9 Å². The topological polar surface area (TPSA) is 121 Å². The van der Waals surface area contributed by atoms with Crippen molar-refractivity contribution in [2.45, 2.75) is 211 Å². The highest BCUT2D eigenvalue weighted by molar-refractivity contribution is 7.92. The third-order valence-corrected chi connectivity index (χ3v) is 28.1. The largest absolute Gasteiger partial charge is 0.458 e. The number of hydrogen-bond donors (Lipinski definition) is 0. The summed E-state index contributed by atoms with van der Waals surface area (Å²) in [6, 6.07) is 6.84. The SMILES string of the molecule is CC[Si](CC)(CC)O[C@H]1[C@@H](C)CCC[C@]2(C)[C@H](C[C@@H](/C(C)=C/c3csc(S(C)(=O)=O)n3)OC(=O)C[C@H](O[Si](CC)(CC)CC)C(C)(C)C(=O)[C@@H]1C)N2COCC[Si](C)(C)C. The van der Waals surface area contributed by atoms with E-state index in [1.54, 1.807) is 5.38 Å². The van der Waals surface area contributed by atoms with Crippen LogP contribution in [-0.4, -0.2) is 104 Å². The van der Waals surface area contributed by atoms with Crippen molar-refractivity contribution in [3.8, 4) is 0 Å². The van der Waals surface area contributed by atoms with Crippen LogP contribution in [-0.2, 0) is 37.8 Å². The van der Waals surface area contributed by atoms with E-state index in [-0.39, 0.29) is 40.1 Å². The number of carbonyl (C=O) groups is 2. The lowest BCUT2D eigenvalue weighted by atomic mass is 9.73. The highest BCUT2D eigenvalue weighted by Gasteiger charge is 2.59. The fraction of sp³-hybridized carbons (Fsp3) is 0.844. The molecule has 2 aliphatic heterocycles. The zero-order valence-electron chi connectivity index (χ0n) is 40.5. The molecule has 0 radical (unpaired) electrons. The fourth-order valence-electron chi connectivity index (χ4n) is 9.36. The van der Waals surface area contributed by atoms with E-state index in [4.69, 9.17) is 18.3 Å². The summed E-state index contributed by atoms with van der Waals surface area (Å²) in [6.45, 7) is 34.1. The van der Waals surface area contributed by atoms with Gasteiger partial charge >= 0.3 is 5.97 Å². The monoisotopic (exact) mass is 928 g/mol. The molecule has 0 saturated carbocycles. The van der Waals surface area contributed by atoms with Gasteiger partial charge in [0.15, 0.2) is 16.6 Å². The van der Waals surface area contributed by atoms with E-state index in [9.17, 15) is 13.2 Å². The van der Waals surface area contributed by atoms with Gasteiger partial charge < -0.3 is 18.3 Å². The summed E-state index contributed by atoms with van der Waals surface area (Å²) < 4.78 is 52.2. The second kappa shape index (κ2) is 21.8. The standard InChI is InChI=1S/C45H84N2O8S2Si3/c1-17-59(18-2,19-3)54-39-30-40(48)53-37(34(8)28-36-31-56-43(46-36)57(13,50)51)29-38-45(12,47(38)32-52-26-27-58(14,15)16)25-23-24-33(7)41(35(9)42(49)44(39,10)11)55-60(20-4,21-5)22-6/h28,31,33,35,37-39,41H,17-27,29-30,32H2,1-16H3/b34-28+/t33-,35+,37-,38-,39-,41-,45+,47?/m0/s1.